The fourth-order valence-corrected chi connectivity index (χ4v) is 1.29. The molecule has 0 aliphatic rings. The van der Waals surface area contributed by atoms with Gasteiger partial charge < -0.3 is 5.32 Å². The fourth-order valence-electron chi connectivity index (χ4n) is 1.29. The normalized spacial score (nSPS) is 12.7. The van der Waals surface area contributed by atoms with Crippen molar-refractivity contribution < 1.29 is 4.79 Å². The molecule has 1 N–H and O–H groups in total. The van der Waals surface area contributed by atoms with Crippen molar-refractivity contribution >= 4 is 5.78 Å². The number of rotatable bonds is 6. The van der Waals surface area contributed by atoms with E-state index in [1.165, 1.54) is 0 Å². The molecule has 0 radical (unpaired) electrons. The third kappa shape index (κ3) is 4.25. The average Bonchev–Trinajstić information content (AvgIpc) is 2.60. The molecule has 0 aliphatic heterocycles. The van der Waals surface area contributed by atoms with E-state index >= 15 is 0 Å². The smallest absolute Gasteiger partial charge is 0.151 e. The van der Waals surface area contributed by atoms with Crippen molar-refractivity contribution in [2.75, 3.05) is 6.54 Å². The van der Waals surface area contributed by atoms with Gasteiger partial charge in [-0.05, 0) is 18.9 Å². The summed E-state index contributed by atoms with van der Waals surface area (Å²) in [7, 11) is 1.85. The molecule has 1 heterocycles. The quantitative estimate of drug-likeness (QED) is 0.758. The predicted molar refractivity (Wildman–Crippen MR) is 59.7 cm³/mol. The van der Waals surface area contributed by atoms with Crippen LogP contribution in [-0.2, 0) is 18.3 Å². The molecule has 4 nitrogen and oxygen atoms in total. The Bertz CT molecular complexity index is 319. The van der Waals surface area contributed by atoms with Crippen LogP contribution in [-0.4, -0.2) is 28.2 Å². The minimum absolute atomic E-state index is 0.211. The second-order valence-corrected chi connectivity index (χ2v) is 3.93. The molecule has 1 unspecified atom stereocenters. The Labute approximate surface area is 90.7 Å². The molecule has 0 spiro atoms. The highest BCUT2D eigenvalue weighted by molar-refractivity contribution is 5.82. The molecule has 84 valence electrons. The van der Waals surface area contributed by atoms with Crippen LogP contribution in [0.25, 0.3) is 0 Å². The minimum Gasteiger partial charge on any atom is -0.307 e. The SMILES string of the molecule is CCC(C)NCC(=O)Cc1cnn(C)c1. The number of hydrogen-bond acceptors (Lipinski definition) is 3. The lowest BCUT2D eigenvalue weighted by Crippen LogP contribution is -2.31. The van der Waals surface area contributed by atoms with Gasteiger partial charge in [0.25, 0.3) is 0 Å². The van der Waals surface area contributed by atoms with Crippen molar-refractivity contribution in [2.24, 2.45) is 7.05 Å². The monoisotopic (exact) mass is 209 g/mol. The molecule has 0 saturated carbocycles. The Morgan fingerprint density at radius 1 is 1.67 bits per heavy atom. The molecule has 1 rings (SSSR count). The topological polar surface area (TPSA) is 46.9 Å². The maximum atomic E-state index is 11.5. The Hall–Kier alpha value is -1.16. The molecule has 15 heavy (non-hydrogen) atoms. The van der Waals surface area contributed by atoms with E-state index < -0.39 is 0 Å². The van der Waals surface area contributed by atoms with E-state index in [2.05, 4.69) is 24.3 Å². The van der Waals surface area contributed by atoms with E-state index in [-0.39, 0.29) is 5.78 Å². The Morgan fingerprint density at radius 2 is 2.40 bits per heavy atom. The van der Waals surface area contributed by atoms with Gasteiger partial charge in [0.15, 0.2) is 5.78 Å². The number of aryl methyl sites for hydroxylation is 1. The van der Waals surface area contributed by atoms with Crippen molar-refractivity contribution in [3.63, 3.8) is 0 Å². The zero-order valence-corrected chi connectivity index (χ0v) is 9.66. The third-order valence-electron chi connectivity index (χ3n) is 2.42. The molecule has 0 fully saturated rings. The number of ketones is 1. The highest BCUT2D eigenvalue weighted by Crippen LogP contribution is 1.98. The number of nitrogens with zero attached hydrogens (tertiary/aromatic N) is 2. The largest absolute Gasteiger partial charge is 0.307 e. The van der Waals surface area contributed by atoms with Crippen LogP contribution in [0, 0.1) is 0 Å². The van der Waals surface area contributed by atoms with Gasteiger partial charge in [-0.3, -0.25) is 9.48 Å². The standard InChI is InChI=1S/C11H19N3O/c1-4-9(2)12-7-11(15)5-10-6-13-14(3)8-10/h6,8-9,12H,4-5,7H2,1-3H3. The number of Topliss-reactive ketones (excluding diaryl/α,β-unsaturated/α-hetero) is 1. The van der Waals surface area contributed by atoms with Crippen LogP contribution in [0.1, 0.15) is 25.8 Å². The van der Waals surface area contributed by atoms with Crippen molar-refractivity contribution in [2.45, 2.75) is 32.7 Å². The molecule has 0 saturated heterocycles. The van der Waals surface area contributed by atoms with Crippen molar-refractivity contribution in [1.82, 2.24) is 15.1 Å². The highest BCUT2D eigenvalue weighted by atomic mass is 16.1. The molecular weight excluding hydrogens is 190 g/mol. The molecule has 1 atom stereocenters. The molecule has 1 aromatic rings. The maximum absolute atomic E-state index is 11.5. The zero-order chi connectivity index (χ0) is 11.3. The lowest BCUT2D eigenvalue weighted by Gasteiger charge is -2.09. The van der Waals surface area contributed by atoms with Gasteiger partial charge in [0.2, 0.25) is 0 Å². The molecule has 0 aliphatic carbocycles. The van der Waals surface area contributed by atoms with E-state index in [4.69, 9.17) is 0 Å². The zero-order valence-electron chi connectivity index (χ0n) is 9.66. The number of nitrogens with one attached hydrogen (secondary N) is 1. The van der Waals surface area contributed by atoms with Crippen LogP contribution < -0.4 is 5.32 Å². The summed E-state index contributed by atoms with van der Waals surface area (Å²) < 4.78 is 1.71. The summed E-state index contributed by atoms with van der Waals surface area (Å²) in [6.45, 7) is 4.63. The van der Waals surface area contributed by atoms with Crippen LogP contribution in [0.5, 0.6) is 0 Å². The third-order valence-corrected chi connectivity index (χ3v) is 2.42. The predicted octanol–water partition coefficient (Wildman–Crippen LogP) is 0.920. The summed E-state index contributed by atoms with van der Waals surface area (Å²) in [6.07, 6.45) is 5.12. The van der Waals surface area contributed by atoms with E-state index in [1.54, 1.807) is 10.9 Å². The van der Waals surface area contributed by atoms with Crippen LogP contribution in [0.15, 0.2) is 12.4 Å². The Balaban J connectivity index is 2.30. The lowest BCUT2D eigenvalue weighted by atomic mass is 10.1. The van der Waals surface area contributed by atoms with Gasteiger partial charge in [0.1, 0.15) is 0 Å². The first-order chi connectivity index (χ1) is 7.11. The fraction of sp³-hybridized carbons (Fsp3) is 0.636. The first kappa shape index (κ1) is 11.9. The molecule has 1 aromatic heterocycles. The van der Waals surface area contributed by atoms with Crippen molar-refractivity contribution in [3.05, 3.63) is 18.0 Å². The molecule has 0 bridgehead atoms. The average molecular weight is 209 g/mol. The van der Waals surface area contributed by atoms with Crippen molar-refractivity contribution in [3.8, 4) is 0 Å². The number of hydrogen-bond donors (Lipinski definition) is 1. The number of aromatic nitrogens is 2. The van der Waals surface area contributed by atoms with Crippen LogP contribution >= 0.6 is 0 Å². The summed E-state index contributed by atoms with van der Waals surface area (Å²) in [5.41, 5.74) is 0.980. The summed E-state index contributed by atoms with van der Waals surface area (Å²) in [5.74, 6) is 0.211. The van der Waals surface area contributed by atoms with Crippen LogP contribution in [0.4, 0.5) is 0 Å². The van der Waals surface area contributed by atoms with E-state index in [0.29, 0.717) is 19.0 Å². The summed E-state index contributed by atoms with van der Waals surface area (Å²) in [6, 6.07) is 0.405. The van der Waals surface area contributed by atoms with E-state index in [1.807, 2.05) is 13.2 Å². The second-order valence-electron chi connectivity index (χ2n) is 3.93. The van der Waals surface area contributed by atoms with Crippen LogP contribution in [0.2, 0.25) is 0 Å². The van der Waals surface area contributed by atoms with Crippen molar-refractivity contribution in [1.29, 1.82) is 0 Å². The lowest BCUT2D eigenvalue weighted by molar-refractivity contribution is -0.117. The van der Waals surface area contributed by atoms with E-state index in [0.717, 1.165) is 12.0 Å². The number of carbonyl (C=O) groups is 1. The molecular formula is C11H19N3O. The molecule has 4 heteroatoms. The van der Waals surface area contributed by atoms with Gasteiger partial charge in [-0.15, -0.1) is 0 Å². The maximum Gasteiger partial charge on any atom is 0.151 e. The Morgan fingerprint density at radius 3 is 2.93 bits per heavy atom. The summed E-state index contributed by atoms with van der Waals surface area (Å²) in [5, 5.41) is 7.21. The highest BCUT2D eigenvalue weighted by Gasteiger charge is 2.06. The summed E-state index contributed by atoms with van der Waals surface area (Å²) >= 11 is 0. The van der Waals surface area contributed by atoms with E-state index in [9.17, 15) is 4.79 Å². The van der Waals surface area contributed by atoms with Gasteiger partial charge >= 0.3 is 0 Å². The summed E-state index contributed by atoms with van der Waals surface area (Å²) in [4.78, 5) is 11.5. The van der Waals surface area contributed by atoms with Gasteiger partial charge in [-0.25, -0.2) is 0 Å². The van der Waals surface area contributed by atoms with Gasteiger partial charge in [0.05, 0.1) is 12.7 Å². The Kier molecular flexibility index (Phi) is 4.49. The first-order valence-electron chi connectivity index (χ1n) is 5.34. The van der Waals surface area contributed by atoms with Gasteiger partial charge in [-0.1, -0.05) is 6.92 Å². The second kappa shape index (κ2) is 5.66. The molecule has 0 amide bonds. The molecule has 0 aromatic carbocycles. The first-order valence-corrected chi connectivity index (χ1v) is 5.34. The number of carbonyl (C=O) groups excluding carboxylic acids is 1. The van der Waals surface area contributed by atoms with Gasteiger partial charge in [0, 0.05) is 25.7 Å². The minimum atomic E-state index is 0.211. The van der Waals surface area contributed by atoms with Crippen LogP contribution in [0.3, 0.4) is 0 Å². The van der Waals surface area contributed by atoms with Gasteiger partial charge in [-0.2, -0.15) is 5.10 Å².